The minimum atomic E-state index is -0.875. The Kier molecular flexibility index (Phi) is 4.09. The molecule has 2 aliphatic rings. The molecule has 1 heterocycles. The quantitative estimate of drug-likeness (QED) is 0.807. The van der Waals surface area contributed by atoms with Crippen molar-refractivity contribution in [2.75, 3.05) is 6.54 Å². The summed E-state index contributed by atoms with van der Waals surface area (Å²) >= 11 is 0. The Morgan fingerprint density at radius 2 is 2.06 bits per heavy atom. The molecule has 0 radical (unpaired) electrons. The van der Waals surface area contributed by atoms with E-state index in [1.54, 1.807) is 6.92 Å². The topological polar surface area (TPSA) is 69.6 Å². The van der Waals surface area contributed by atoms with Gasteiger partial charge < -0.3 is 15.3 Å². The molecule has 2 N–H and O–H groups in total. The van der Waals surface area contributed by atoms with Gasteiger partial charge in [-0.1, -0.05) is 12.8 Å². The van der Waals surface area contributed by atoms with Gasteiger partial charge in [0.25, 0.3) is 0 Å². The number of likely N-dealkylation sites (tertiary alicyclic amines) is 1. The van der Waals surface area contributed by atoms with Crippen molar-refractivity contribution in [2.24, 2.45) is 5.92 Å². The van der Waals surface area contributed by atoms with E-state index in [0.29, 0.717) is 12.0 Å². The molecule has 0 aromatic heterocycles. The van der Waals surface area contributed by atoms with E-state index < -0.39 is 5.97 Å². The van der Waals surface area contributed by atoms with Crippen LogP contribution in [0, 0.1) is 5.92 Å². The second-order valence-corrected chi connectivity index (χ2v) is 5.54. The third kappa shape index (κ3) is 2.94. The minimum absolute atomic E-state index is 0.0202. The molecule has 1 saturated heterocycles. The molecule has 0 aromatic rings. The van der Waals surface area contributed by atoms with Gasteiger partial charge in [0.15, 0.2) is 0 Å². The van der Waals surface area contributed by atoms with Crippen LogP contribution in [0.3, 0.4) is 0 Å². The summed E-state index contributed by atoms with van der Waals surface area (Å²) in [5.41, 5.74) is 0. The van der Waals surface area contributed by atoms with E-state index in [4.69, 9.17) is 5.11 Å². The molecule has 1 aliphatic carbocycles. The lowest BCUT2D eigenvalue weighted by Crippen LogP contribution is -2.48. The number of nitrogens with one attached hydrogen (secondary N) is 1. The van der Waals surface area contributed by atoms with Crippen molar-refractivity contribution in [3.8, 4) is 0 Å². The van der Waals surface area contributed by atoms with E-state index in [2.05, 4.69) is 5.32 Å². The maximum atomic E-state index is 12.1. The summed E-state index contributed by atoms with van der Waals surface area (Å²) in [6, 6.07) is -0.00781. The Labute approximate surface area is 108 Å². The van der Waals surface area contributed by atoms with Gasteiger partial charge in [-0.2, -0.15) is 0 Å². The van der Waals surface area contributed by atoms with Gasteiger partial charge in [0, 0.05) is 18.6 Å². The summed E-state index contributed by atoms with van der Waals surface area (Å²) in [5, 5.41) is 11.5. The third-order valence-electron chi connectivity index (χ3n) is 4.12. The van der Waals surface area contributed by atoms with Gasteiger partial charge in [-0.3, -0.25) is 4.79 Å². The van der Waals surface area contributed by atoms with Crippen LogP contribution in [0.4, 0.5) is 4.79 Å². The Balaban J connectivity index is 1.87. The zero-order valence-electron chi connectivity index (χ0n) is 10.9. The van der Waals surface area contributed by atoms with Gasteiger partial charge >= 0.3 is 12.0 Å². The minimum Gasteiger partial charge on any atom is -0.481 e. The van der Waals surface area contributed by atoms with Gasteiger partial charge in [-0.15, -0.1) is 0 Å². The van der Waals surface area contributed by atoms with Crippen LogP contribution in [0.25, 0.3) is 0 Å². The Bertz CT molecular complexity index is 332. The molecule has 5 heteroatoms. The van der Waals surface area contributed by atoms with Gasteiger partial charge in [0.05, 0.1) is 6.42 Å². The lowest BCUT2D eigenvalue weighted by atomic mass is 9.85. The molecular weight excluding hydrogens is 232 g/mol. The van der Waals surface area contributed by atoms with E-state index in [1.165, 1.54) is 19.3 Å². The summed E-state index contributed by atoms with van der Waals surface area (Å²) in [5.74, 6) is -0.209. The average Bonchev–Trinajstić information content (AvgIpc) is 2.71. The van der Waals surface area contributed by atoms with Crippen molar-refractivity contribution in [3.05, 3.63) is 0 Å². The van der Waals surface area contributed by atoms with Crippen molar-refractivity contribution in [3.63, 3.8) is 0 Å². The number of nitrogens with zero attached hydrogens (tertiary/aromatic N) is 1. The summed E-state index contributed by atoms with van der Waals surface area (Å²) in [6.45, 7) is 2.56. The number of carbonyl (C=O) groups is 2. The standard InChI is InChI=1S/C13H22N2O3/c1-9(8-12(16)17)14-13(18)15-7-6-10-4-2-3-5-11(10)15/h9-11H,2-8H2,1H3,(H,14,18)(H,16,17). The summed E-state index contributed by atoms with van der Waals surface area (Å²) in [4.78, 5) is 24.6. The molecule has 5 nitrogen and oxygen atoms in total. The van der Waals surface area contributed by atoms with Crippen molar-refractivity contribution in [1.29, 1.82) is 0 Å². The van der Waals surface area contributed by atoms with Crippen molar-refractivity contribution in [2.45, 2.75) is 57.5 Å². The Hall–Kier alpha value is -1.26. The molecule has 3 unspecified atom stereocenters. The molecule has 3 atom stereocenters. The second kappa shape index (κ2) is 5.59. The van der Waals surface area contributed by atoms with Crippen molar-refractivity contribution >= 4 is 12.0 Å². The normalized spacial score (nSPS) is 28.6. The first-order chi connectivity index (χ1) is 8.58. The predicted octanol–water partition coefficient (Wildman–Crippen LogP) is 1.82. The first-order valence-electron chi connectivity index (χ1n) is 6.87. The largest absolute Gasteiger partial charge is 0.481 e. The fourth-order valence-electron chi connectivity index (χ4n) is 3.26. The number of hydrogen-bond donors (Lipinski definition) is 2. The summed E-state index contributed by atoms with van der Waals surface area (Å²) in [7, 11) is 0. The molecule has 2 amide bonds. The monoisotopic (exact) mass is 254 g/mol. The number of rotatable bonds is 3. The maximum absolute atomic E-state index is 12.1. The van der Waals surface area contributed by atoms with Crippen molar-refractivity contribution < 1.29 is 14.7 Å². The SMILES string of the molecule is CC(CC(=O)O)NC(=O)N1CCC2CCCCC21. The van der Waals surface area contributed by atoms with E-state index in [0.717, 1.165) is 19.4 Å². The number of carbonyl (C=O) groups excluding carboxylic acids is 1. The van der Waals surface area contributed by atoms with Crippen LogP contribution in [0.15, 0.2) is 0 Å². The first-order valence-corrected chi connectivity index (χ1v) is 6.87. The molecule has 1 aliphatic heterocycles. The van der Waals surface area contributed by atoms with Crippen LogP contribution in [-0.4, -0.2) is 40.6 Å². The van der Waals surface area contributed by atoms with E-state index in [9.17, 15) is 9.59 Å². The van der Waals surface area contributed by atoms with Crippen LogP contribution in [0.1, 0.15) is 45.4 Å². The molecule has 18 heavy (non-hydrogen) atoms. The number of amides is 2. The molecule has 1 saturated carbocycles. The number of carboxylic acids is 1. The highest BCUT2D eigenvalue weighted by Gasteiger charge is 2.38. The highest BCUT2D eigenvalue weighted by Crippen LogP contribution is 2.36. The lowest BCUT2D eigenvalue weighted by molar-refractivity contribution is -0.137. The number of aliphatic carboxylic acids is 1. The third-order valence-corrected chi connectivity index (χ3v) is 4.12. The van der Waals surface area contributed by atoms with E-state index in [-0.39, 0.29) is 18.5 Å². The van der Waals surface area contributed by atoms with Gasteiger partial charge in [0.2, 0.25) is 0 Å². The van der Waals surface area contributed by atoms with E-state index >= 15 is 0 Å². The van der Waals surface area contributed by atoms with Gasteiger partial charge in [-0.05, 0) is 32.1 Å². The second-order valence-electron chi connectivity index (χ2n) is 5.54. The first kappa shape index (κ1) is 13.2. The van der Waals surface area contributed by atoms with Gasteiger partial charge in [-0.25, -0.2) is 4.79 Å². The Morgan fingerprint density at radius 3 is 2.78 bits per heavy atom. The van der Waals surface area contributed by atoms with Crippen LogP contribution in [0.2, 0.25) is 0 Å². The van der Waals surface area contributed by atoms with Crippen LogP contribution in [-0.2, 0) is 4.79 Å². The summed E-state index contributed by atoms with van der Waals surface area (Å²) < 4.78 is 0. The zero-order valence-corrected chi connectivity index (χ0v) is 10.9. The number of urea groups is 1. The van der Waals surface area contributed by atoms with Crippen LogP contribution < -0.4 is 5.32 Å². The molecule has 2 fully saturated rings. The fourth-order valence-corrected chi connectivity index (χ4v) is 3.26. The smallest absolute Gasteiger partial charge is 0.317 e. The van der Waals surface area contributed by atoms with Crippen LogP contribution in [0.5, 0.6) is 0 Å². The highest BCUT2D eigenvalue weighted by atomic mass is 16.4. The molecular formula is C13H22N2O3. The number of hydrogen-bond acceptors (Lipinski definition) is 2. The van der Waals surface area contributed by atoms with Crippen molar-refractivity contribution in [1.82, 2.24) is 10.2 Å². The van der Waals surface area contributed by atoms with Gasteiger partial charge in [0.1, 0.15) is 0 Å². The van der Waals surface area contributed by atoms with Crippen LogP contribution >= 0.6 is 0 Å². The fraction of sp³-hybridized carbons (Fsp3) is 0.846. The molecule has 0 aromatic carbocycles. The maximum Gasteiger partial charge on any atom is 0.317 e. The highest BCUT2D eigenvalue weighted by molar-refractivity contribution is 5.76. The zero-order chi connectivity index (χ0) is 13.1. The lowest BCUT2D eigenvalue weighted by Gasteiger charge is -2.32. The Morgan fingerprint density at radius 1 is 1.33 bits per heavy atom. The molecule has 0 spiro atoms. The molecule has 0 bridgehead atoms. The molecule has 2 rings (SSSR count). The predicted molar refractivity (Wildman–Crippen MR) is 67.3 cm³/mol. The van der Waals surface area contributed by atoms with E-state index in [1.807, 2.05) is 4.90 Å². The average molecular weight is 254 g/mol. The number of carboxylic acid groups (broad SMARTS) is 1. The molecule has 102 valence electrons. The number of fused-ring (bicyclic) bond motifs is 1. The summed E-state index contributed by atoms with van der Waals surface area (Å²) in [6.07, 6.45) is 5.91.